The van der Waals surface area contributed by atoms with Crippen molar-refractivity contribution in [1.29, 1.82) is 5.26 Å². The van der Waals surface area contributed by atoms with Gasteiger partial charge in [0, 0.05) is 6.07 Å². The number of benzene rings is 1. The van der Waals surface area contributed by atoms with Gasteiger partial charge in [0.1, 0.15) is 11.6 Å². The van der Waals surface area contributed by atoms with Gasteiger partial charge in [0.05, 0.1) is 15.0 Å². The molecular formula is C7H2Cl2N2O2. The minimum Gasteiger partial charge on any atom is -0.258 e. The molecule has 0 radical (unpaired) electrons. The number of hydrogen-bond acceptors (Lipinski definition) is 3. The molecule has 0 aliphatic heterocycles. The largest absolute Gasteiger partial charge is 0.288 e. The van der Waals surface area contributed by atoms with Gasteiger partial charge in [-0.25, -0.2) is 0 Å². The van der Waals surface area contributed by atoms with E-state index in [4.69, 9.17) is 28.5 Å². The Hall–Kier alpha value is -1.31. The average molecular weight is 217 g/mol. The van der Waals surface area contributed by atoms with Crippen molar-refractivity contribution in [2.45, 2.75) is 0 Å². The van der Waals surface area contributed by atoms with Crippen LogP contribution >= 0.6 is 23.2 Å². The quantitative estimate of drug-likeness (QED) is 0.536. The van der Waals surface area contributed by atoms with E-state index in [1.54, 1.807) is 6.07 Å². The second-order valence-electron chi connectivity index (χ2n) is 2.15. The van der Waals surface area contributed by atoms with Crippen LogP contribution in [0.5, 0.6) is 0 Å². The highest BCUT2D eigenvalue weighted by molar-refractivity contribution is 6.42. The third-order valence-corrected chi connectivity index (χ3v) is 2.08. The topological polar surface area (TPSA) is 66.9 Å². The molecule has 1 aromatic carbocycles. The van der Waals surface area contributed by atoms with Gasteiger partial charge >= 0.3 is 0 Å². The molecule has 0 atom stereocenters. The van der Waals surface area contributed by atoms with Crippen LogP contribution in [-0.4, -0.2) is 4.92 Å². The molecule has 0 aromatic heterocycles. The van der Waals surface area contributed by atoms with E-state index in [1.165, 1.54) is 6.07 Å². The molecule has 0 aliphatic rings. The Balaban J connectivity index is 3.44. The molecule has 0 heterocycles. The van der Waals surface area contributed by atoms with E-state index in [0.29, 0.717) is 0 Å². The number of nitriles is 1. The van der Waals surface area contributed by atoms with Crippen molar-refractivity contribution in [2.75, 3.05) is 0 Å². The monoisotopic (exact) mass is 216 g/mol. The van der Waals surface area contributed by atoms with Crippen molar-refractivity contribution in [3.05, 3.63) is 37.9 Å². The third kappa shape index (κ3) is 1.89. The van der Waals surface area contributed by atoms with Gasteiger partial charge in [-0.1, -0.05) is 23.2 Å². The van der Waals surface area contributed by atoms with Crippen LogP contribution in [0.2, 0.25) is 10.0 Å². The predicted molar refractivity (Wildman–Crippen MR) is 47.8 cm³/mol. The average Bonchev–Trinajstić information content (AvgIpc) is 2.08. The molecule has 0 unspecified atom stereocenters. The number of nitro groups is 1. The molecule has 0 fully saturated rings. The molecule has 13 heavy (non-hydrogen) atoms. The van der Waals surface area contributed by atoms with Gasteiger partial charge in [-0.15, -0.1) is 0 Å². The molecule has 1 aromatic rings. The Labute approximate surface area is 83.4 Å². The van der Waals surface area contributed by atoms with Crippen LogP contribution in [0.1, 0.15) is 5.56 Å². The first-order valence-corrected chi connectivity index (χ1v) is 3.85. The van der Waals surface area contributed by atoms with Gasteiger partial charge in [-0.2, -0.15) is 5.26 Å². The van der Waals surface area contributed by atoms with E-state index in [0.717, 1.165) is 6.07 Å². The van der Waals surface area contributed by atoms with Crippen LogP contribution < -0.4 is 0 Å². The zero-order valence-electron chi connectivity index (χ0n) is 6.12. The van der Waals surface area contributed by atoms with E-state index < -0.39 is 4.92 Å². The second-order valence-corrected chi connectivity index (χ2v) is 2.97. The maximum absolute atomic E-state index is 10.4. The standard InChI is InChI=1S/C7H2Cl2N2O2/c8-5-1-4(3-10)7(11(12)13)2-6(5)9/h1-2H. The fourth-order valence-electron chi connectivity index (χ4n) is 0.777. The van der Waals surface area contributed by atoms with E-state index in [9.17, 15) is 10.1 Å². The minimum absolute atomic E-state index is 0.0624. The van der Waals surface area contributed by atoms with Gasteiger partial charge in [-0.05, 0) is 6.07 Å². The molecule has 4 nitrogen and oxygen atoms in total. The molecule has 0 bridgehead atoms. The highest BCUT2D eigenvalue weighted by Crippen LogP contribution is 2.29. The molecule has 0 saturated carbocycles. The molecule has 1 rings (SSSR count). The Kier molecular flexibility index (Phi) is 2.71. The fourth-order valence-corrected chi connectivity index (χ4v) is 1.10. The highest BCUT2D eigenvalue weighted by atomic mass is 35.5. The zero-order valence-corrected chi connectivity index (χ0v) is 7.63. The normalized spacial score (nSPS) is 9.31. The van der Waals surface area contributed by atoms with Gasteiger partial charge < -0.3 is 0 Å². The first-order valence-electron chi connectivity index (χ1n) is 3.10. The summed E-state index contributed by atoms with van der Waals surface area (Å²) in [7, 11) is 0. The summed E-state index contributed by atoms with van der Waals surface area (Å²) in [6.45, 7) is 0. The zero-order chi connectivity index (χ0) is 10.0. The van der Waals surface area contributed by atoms with Crippen molar-refractivity contribution in [3.63, 3.8) is 0 Å². The first kappa shape index (κ1) is 9.78. The number of nitro benzene ring substituents is 1. The highest BCUT2D eigenvalue weighted by Gasteiger charge is 2.16. The lowest BCUT2D eigenvalue weighted by atomic mass is 10.2. The summed E-state index contributed by atoms with van der Waals surface area (Å²) in [5, 5.41) is 19.1. The molecule has 0 aliphatic carbocycles. The molecular weight excluding hydrogens is 215 g/mol. The lowest BCUT2D eigenvalue weighted by Gasteiger charge is -1.97. The summed E-state index contributed by atoms with van der Waals surface area (Å²) in [6, 6.07) is 3.89. The Morgan fingerprint density at radius 1 is 1.38 bits per heavy atom. The number of nitrogens with zero attached hydrogens (tertiary/aromatic N) is 2. The predicted octanol–water partition coefficient (Wildman–Crippen LogP) is 2.77. The van der Waals surface area contributed by atoms with Crippen molar-refractivity contribution >= 4 is 28.9 Å². The second kappa shape index (κ2) is 3.60. The maximum atomic E-state index is 10.4. The maximum Gasteiger partial charge on any atom is 0.288 e. The van der Waals surface area contributed by atoms with Crippen LogP contribution in [0.25, 0.3) is 0 Å². The Morgan fingerprint density at radius 2 is 1.92 bits per heavy atom. The summed E-state index contributed by atoms with van der Waals surface area (Å²) < 4.78 is 0. The summed E-state index contributed by atoms with van der Waals surface area (Å²) in [4.78, 5) is 9.72. The lowest BCUT2D eigenvalue weighted by molar-refractivity contribution is -0.385. The van der Waals surface area contributed by atoms with Crippen LogP contribution in [-0.2, 0) is 0 Å². The molecule has 6 heteroatoms. The molecule has 66 valence electrons. The van der Waals surface area contributed by atoms with Gasteiger partial charge in [0.25, 0.3) is 5.69 Å². The van der Waals surface area contributed by atoms with E-state index in [1.807, 2.05) is 0 Å². The number of hydrogen-bond donors (Lipinski definition) is 0. The summed E-state index contributed by atoms with van der Waals surface area (Å²) in [5.74, 6) is 0. The van der Waals surface area contributed by atoms with Gasteiger partial charge in [0.2, 0.25) is 0 Å². The molecule has 0 amide bonds. The van der Waals surface area contributed by atoms with Crippen LogP contribution in [0.3, 0.4) is 0 Å². The summed E-state index contributed by atoms with van der Waals surface area (Å²) in [5.41, 5.74) is -0.434. The summed E-state index contributed by atoms with van der Waals surface area (Å²) >= 11 is 11.1. The third-order valence-electron chi connectivity index (χ3n) is 1.36. The number of rotatable bonds is 1. The van der Waals surface area contributed by atoms with Gasteiger partial charge in [-0.3, -0.25) is 10.1 Å². The van der Waals surface area contributed by atoms with Crippen LogP contribution in [0.15, 0.2) is 12.1 Å². The fraction of sp³-hybridized carbons (Fsp3) is 0. The van der Waals surface area contributed by atoms with Crippen LogP contribution in [0.4, 0.5) is 5.69 Å². The van der Waals surface area contributed by atoms with Crippen LogP contribution in [0, 0.1) is 21.4 Å². The molecule has 0 saturated heterocycles. The lowest BCUT2D eigenvalue weighted by Crippen LogP contribution is -1.92. The minimum atomic E-state index is -0.680. The summed E-state index contributed by atoms with van der Waals surface area (Å²) in [6.07, 6.45) is 0. The van der Waals surface area contributed by atoms with Crippen molar-refractivity contribution in [2.24, 2.45) is 0 Å². The first-order chi connectivity index (χ1) is 6.06. The van der Waals surface area contributed by atoms with E-state index in [-0.39, 0.29) is 21.3 Å². The van der Waals surface area contributed by atoms with E-state index >= 15 is 0 Å². The SMILES string of the molecule is N#Cc1cc(Cl)c(Cl)cc1[N+](=O)[O-]. The smallest absolute Gasteiger partial charge is 0.258 e. The van der Waals surface area contributed by atoms with Crippen molar-refractivity contribution in [1.82, 2.24) is 0 Å². The Bertz CT molecular complexity index is 412. The Morgan fingerprint density at radius 3 is 2.38 bits per heavy atom. The number of halogens is 2. The molecule has 0 spiro atoms. The van der Waals surface area contributed by atoms with Gasteiger partial charge in [0.15, 0.2) is 0 Å². The molecule has 0 N–H and O–H groups in total. The van der Waals surface area contributed by atoms with Crippen molar-refractivity contribution in [3.8, 4) is 6.07 Å². The van der Waals surface area contributed by atoms with Crippen molar-refractivity contribution < 1.29 is 4.92 Å². The van der Waals surface area contributed by atoms with E-state index in [2.05, 4.69) is 0 Å².